The summed E-state index contributed by atoms with van der Waals surface area (Å²) < 4.78 is 5.32. The molecule has 0 aliphatic carbocycles. The Labute approximate surface area is 587 Å². The number of hydrogen-bond acceptors (Lipinski definition) is 4. The molecule has 0 atom stereocenters. The fourth-order valence-electron chi connectivity index (χ4n) is 15.3. The zero-order valence-electron chi connectivity index (χ0n) is 54.4. The molecule has 0 N–H and O–H groups in total. The van der Waals surface area contributed by atoms with Gasteiger partial charge in [0.25, 0.3) is 0 Å². The molecule has 0 unspecified atom stereocenters. The van der Waals surface area contributed by atoms with Gasteiger partial charge in [-0.05, 0) is 145 Å². The number of pyridine rings is 2. The Hall–Kier alpha value is -12.4. The summed E-state index contributed by atoms with van der Waals surface area (Å²) in [6.45, 7) is 0. The molecule has 0 fully saturated rings. The summed E-state index contributed by atoms with van der Waals surface area (Å²) >= 11 is 3.75. The molecule has 0 saturated heterocycles. The summed E-state index contributed by atoms with van der Waals surface area (Å²) in [5.41, 5.74) is 21.2. The van der Waals surface area contributed by atoms with Gasteiger partial charge in [-0.1, -0.05) is 322 Å². The van der Waals surface area contributed by atoms with Crippen LogP contribution in [-0.4, -0.2) is 9.97 Å². The Kier molecular flexibility index (Phi) is 14.7. The van der Waals surface area contributed by atoms with Gasteiger partial charge in [-0.3, -0.25) is 9.97 Å². The average molecular weight is 1310 g/mol. The van der Waals surface area contributed by atoms with Crippen molar-refractivity contribution in [2.75, 3.05) is 0 Å². The van der Waals surface area contributed by atoms with E-state index in [-0.39, 0.29) is 0 Å². The number of thiophene rings is 2. The second-order valence-corrected chi connectivity index (χ2v) is 27.9. The van der Waals surface area contributed by atoms with Crippen LogP contribution in [0, 0.1) is 0 Å². The van der Waals surface area contributed by atoms with Gasteiger partial charge < -0.3 is 0 Å². The summed E-state index contributed by atoms with van der Waals surface area (Å²) in [6, 6.07) is 127. The van der Waals surface area contributed by atoms with Crippen molar-refractivity contribution >= 4 is 117 Å². The molecule has 0 radical (unpaired) electrons. The zero-order valence-corrected chi connectivity index (χ0v) is 56.0. The third kappa shape index (κ3) is 10.3. The highest BCUT2D eigenvalue weighted by atomic mass is 32.1. The van der Waals surface area contributed by atoms with E-state index in [0.29, 0.717) is 0 Å². The molecule has 0 bridgehead atoms. The van der Waals surface area contributed by atoms with Crippen LogP contribution in [0.15, 0.2) is 364 Å². The molecule has 20 aromatic rings. The molecule has 0 spiro atoms. The molecule has 20 rings (SSSR count). The maximum atomic E-state index is 5.19. The molecule has 4 heteroatoms. The van der Waals surface area contributed by atoms with E-state index in [0.717, 1.165) is 28.1 Å². The van der Waals surface area contributed by atoms with Crippen LogP contribution in [0.25, 0.3) is 195 Å². The largest absolute Gasteiger partial charge is 0.256 e. The number of nitrogens with zero attached hydrogens (tertiary/aromatic N) is 2. The van der Waals surface area contributed by atoms with E-state index in [9.17, 15) is 0 Å². The molecule has 0 saturated carbocycles. The first-order chi connectivity index (χ1) is 49.6. The van der Waals surface area contributed by atoms with Crippen LogP contribution in [0.3, 0.4) is 0 Å². The van der Waals surface area contributed by atoms with Crippen molar-refractivity contribution < 1.29 is 0 Å². The lowest BCUT2D eigenvalue weighted by atomic mass is 9.87. The van der Waals surface area contributed by atoms with Crippen LogP contribution < -0.4 is 0 Å². The highest BCUT2D eigenvalue weighted by Gasteiger charge is 2.21. The summed E-state index contributed by atoms with van der Waals surface area (Å²) in [5, 5.41) is 17.6. The van der Waals surface area contributed by atoms with Crippen molar-refractivity contribution in [2.24, 2.45) is 0 Å². The van der Waals surface area contributed by atoms with Crippen molar-refractivity contribution in [3.05, 3.63) is 364 Å². The van der Waals surface area contributed by atoms with Crippen molar-refractivity contribution in [3.63, 3.8) is 0 Å². The van der Waals surface area contributed by atoms with Gasteiger partial charge in [-0.2, -0.15) is 0 Å². The monoisotopic (exact) mass is 1300 g/mol. The minimum Gasteiger partial charge on any atom is -0.256 e. The normalized spacial score (nSPS) is 11.6. The predicted octanol–water partition coefficient (Wildman–Crippen LogP) is 27.7. The number of benzene rings is 16. The fourth-order valence-corrected chi connectivity index (χ4v) is 17.7. The minimum atomic E-state index is 0.977. The van der Waals surface area contributed by atoms with E-state index < -0.39 is 0 Å². The van der Waals surface area contributed by atoms with Crippen LogP contribution in [0.1, 0.15) is 0 Å². The predicted molar refractivity (Wildman–Crippen MR) is 431 cm³/mol. The smallest absolute Gasteiger partial charge is 0.0714 e. The third-order valence-corrected chi connectivity index (χ3v) is 22.5. The van der Waals surface area contributed by atoms with Gasteiger partial charge in [0.2, 0.25) is 0 Å². The van der Waals surface area contributed by atoms with Crippen LogP contribution in [0.5, 0.6) is 0 Å². The van der Waals surface area contributed by atoms with Gasteiger partial charge in [-0.25, -0.2) is 0 Å². The third-order valence-electron chi connectivity index (χ3n) is 20.1. The molecule has 16 aromatic carbocycles. The summed E-state index contributed by atoms with van der Waals surface area (Å²) in [7, 11) is 0. The fraction of sp³-hybridized carbons (Fsp3) is 0. The molecule has 0 aliphatic rings. The minimum absolute atomic E-state index is 0.977. The maximum absolute atomic E-state index is 5.19. The zero-order chi connectivity index (χ0) is 66.0. The SMILES string of the molecule is c1ccc(-c2ccc(-c3c4ccccc4c(-c4ccc(-c5ccc(-c6ccc7sc8ccccc8c7c6)cc5)cn4)c4ccccc34)cc2)cc1.c1ccc(-c2ccc(-c3c4ccccc4c(-c4ccc(-c5cccc6c5sc5c7ccccc7ccc65)cn4)c4ccccc34)cc2)cc1. The quantitative estimate of drug-likeness (QED) is 0.135. The number of aromatic nitrogens is 2. The summed E-state index contributed by atoms with van der Waals surface area (Å²) in [5.74, 6) is 0. The van der Waals surface area contributed by atoms with Gasteiger partial charge in [0, 0.05) is 80.6 Å². The van der Waals surface area contributed by atoms with Crippen molar-refractivity contribution in [1.29, 1.82) is 0 Å². The summed E-state index contributed by atoms with van der Waals surface area (Å²) in [4.78, 5) is 10.3. The standard InChI is InChI=1S/C49H31NS.C47H29NS/c1-2-10-32(11-3-1)33-22-24-36(25-23-33)48-40-13-4-6-15-42(40)49(43-16-7-5-14-41(43)48)45-28-26-38(31-50-45)35-20-18-34(19-21-35)37-27-29-47-44(30-37)39-12-8-9-17-46(39)51-47;1-2-11-30(12-3-1)31-21-23-33(24-22-31)44-37-15-6-8-17-39(37)45(40-18-9-7-16-38(40)44)43-28-26-34(29-48-43)36-19-10-20-41-42-27-25-32-13-4-5-14-35(32)46(42)49-47(36)41/h1-31H;1-29H. The lowest BCUT2D eigenvalue weighted by Gasteiger charge is -2.17. The number of fused-ring (bicyclic) bond motifs is 12. The Morgan fingerprint density at radius 1 is 0.180 bits per heavy atom. The molecule has 4 heterocycles. The Bertz CT molecular complexity index is 6400. The number of hydrogen-bond donors (Lipinski definition) is 0. The first-order valence-electron chi connectivity index (χ1n) is 34.1. The van der Waals surface area contributed by atoms with Crippen molar-refractivity contribution in [1.82, 2.24) is 9.97 Å². The molecular formula is C96H60N2S2. The molecule has 100 heavy (non-hydrogen) atoms. The molecule has 0 aliphatic heterocycles. The van der Waals surface area contributed by atoms with Crippen LogP contribution in [-0.2, 0) is 0 Å². The van der Waals surface area contributed by atoms with Crippen LogP contribution >= 0.6 is 22.7 Å². The van der Waals surface area contributed by atoms with Crippen LogP contribution in [0.4, 0.5) is 0 Å². The first kappa shape index (κ1) is 58.9. The molecular weight excluding hydrogens is 1250 g/mol. The average Bonchev–Trinajstić information content (AvgIpc) is 1.51. The van der Waals surface area contributed by atoms with E-state index in [1.807, 2.05) is 28.9 Å². The van der Waals surface area contributed by atoms with E-state index >= 15 is 0 Å². The second-order valence-electron chi connectivity index (χ2n) is 25.8. The van der Waals surface area contributed by atoms with Gasteiger partial charge in [0.05, 0.1) is 11.4 Å². The highest BCUT2D eigenvalue weighted by molar-refractivity contribution is 7.27. The van der Waals surface area contributed by atoms with Crippen molar-refractivity contribution in [3.8, 4) is 100 Å². The Morgan fingerprint density at radius 2 is 0.540 bits per heavy atom. The van der Waals surface area contributed by atoms with E-state index in [1.165, 1.54) is 167 Å². The van der Waals surface area contributed by atoms with Gasteiger partial charge in [0.15, 0.2) is 0 Å². The lowest BCUT2D eigenvalue weighted by Crippen LogP contribution is -1.92. The molecule has 2 nitrogen and oxygen atoms in total. The Morgan fingerprint density at radius 3 is 1.04 bits per heavy atom. The van der Waals surface area contributed by atoms with E-state index in [2.05, 4.69) is 358 Å². The molecule has 466 valence electrons. The highest BCUT2D eigenvalue weighted by Crippen LogP contribution is 2.48. The maximum Gasteiger partial charge on any atom is 0.0714 e. The Balaban J connectivity index is 0.000000139. The molecule has 4 aromatic heterocycles. The van der Waals surface area contributed by atoms with E-state index in [4.69, 9.17) is 9.97 Å². The molecule has 0 amide bonds. The lowest BCUT2D eigenvalue weighted by molar-refractivity contribution is 1.34. The van der Waals surface area contributed by atoms with Gasteiger partial charge >= 0.3 is 0 Å². The second kappa shape index (κ2) is 24.9. The number of rotatable bonds is 9. The topological polar surface area (TPSA) is 25.8 Å². The van der Waals surface area contributed by atoms with Gasteiger partial charge in [0.1, 0.15) is 0 Å². The van der Waals surface area contributed by atoms with Crippen LogP contribution in [0.2, 0.25) is 0 Å². The van der Waals surface area contributed by atoms with E-state index in [1.54, 1.807) is 0 Å². The van der Waals surface area contributed by atoms with Gasteiger partial charge in [-0.15, -0.1) is 22.7 Å². The first-order valence-corrected chi connectivity index (χ1v) is 35.7. The summed E-state index contributed by atoms with van der Waals surface area (Å²) in [6.07, 6.45) is 4.08. The van der Waals surface area contributed by atoms with Crippen molar-refractivity contribution in [2.45, 2.75) is 0 Å².